The van der Waals surface area contributed by atoms with Gasteiger partial charge in [-0.2, -0.15) is 0 Å². The predicted octanol–water partition coefficient (Wildman–Crippen LogP) is 1.91. The summed E-state index contributed by atoms with van der Waals surface area (Å²) >= 11 is 4.65. The van der Waals surface area contributed by atoms with E-state index in [1.54, 1.807) is 0 Å². The van der Waals surface area contributed by atoms with E-state index in [9.17, 15) is 4.79 Å². The number of aromatic nitrogens is 1. The maximum Gasteiger partial charge on any atom is 0.283 e. The lowest BCUT2D eigenvalue weighted by molar-refractivity contribution is -0.0303. The number of ether oxygens (including phenoxy) is 1. The zero-order chi connectivity index (χ0) is 11.1. The van der Waals surface area contributed by atoms with Crippen LogP contribution in [0.1, 0.15) is 22.6 Å². The second-order valence-electron chi connectivity index (χ2n) is 4.14. The molecule has 2 aliphatic rings. The third kappa shape index (κ3) is 1.89. The minimum Gasteiger partial charge on any atom is -0.371 e. The van der Waals surface area contributed by atoms with E-state index in [0.717, 1.165) is 17.4 Å². The Morgan fingerprint density at radius 1 is 1.50 bits per heavy atom. The maximum absolute atomic E-state index is 12.1. The van der Waals surface area contributed by atoms with Crippen molar-refractivity contribution in [1.82, 2.24) is 9.88 Å². The number of carbonyl (C=O) groups is 1. The van der Waals surface area contributed by atoms with Gasteiger partial charge in [0.1, 0.15) is 4.60 Å². The highest BCUT2D eigenvalue weighted by atomic mass is 79.9. The van der Waals surface area contributed by atoms with Gasteiger partial charge in [0.25, 0.3) is 5.91 Å². The molecule has 3 rings (SSSR count). The van der Waals surface area contributed by atoms with E-state index < -0.39 is 0 Å². The van der Waals surface area contributed by atoms with Crippen molar-refractivity contribution in [3.63, 3.8) is 0 Å². The van der Waals surface area contributed by atoms with Crippen LogP contribution in [0.5, 0.6) is 0 Å². The quantitative estimate of drug-likeness (QED) is 0.796. The van der Waals surface area contributed by atoms with E-state index in [2.05, 4.69) is 20.9 Å². The van der Waals surface area contributed by atoms with Gasteiger partial charge in [0.2, 0.25) is 0 Å². The third-order valence-corrected chi connectivity index (χ3v) is 4.53. The van der Waals surface area contributed by atoms with Gasteiger partial charge in [-0.15, -0.1) is 11.3 Å². The summed E-state index contributed by atoms with van der Waals surface area (Å²) < 4.78 is 6.43. The summed E-state index contributed by atoms with van der Waals surface area (Å²) in [4.78, 5) is 18.2. The van der Waals surface area contributed by atoms with Crippen LogP contribution in [0.4, 0.5) is 0 Å². The number of halogens is 1. The molecular weight excluding hydrogens is 292 g/mol. The first-order valence-electron chi connectivity index (χ1n) is 5.28. The van der Waals surface area contributed by atoms with Crippen LogP contribution in [0.25, 0.3) is 0 Å². The van der Waals surface area contributed by atoms with E-state index in [0.29, 0.717) is 18.1 Å². The number of carbonyl (C=O) groups excluding carboxylic acids is 1. The van der Waals surface area contributed by atoms with E-state index in [1.807, 2.05) is 10.3 Å². The molecule has 1 amide bonds. The number of rotatable bonds is 1. The first-order chi connectivity index (χ1) is 7.72. The van der Waals surface area contributed by atoms with Crippen molar-refractivity contribution in [3.05, 3.63) is 15.0 Å². The average Bonchev–Trinajstić information content (AvgIpc) is 2.84. The summed E-state index contributed by atoms with van der Waals surface area (Å²) in [6.07, 6.45) is 2.64. The Labute approximate surface area is 106 Å². The van der Waals surface area contributed by atoms with Gasteiger partial charge in [-0.1, -0.05) is 0 Å². The van der Waals surface area contributed by atoms with Crippen molar-refractivity contribution in [3.8, 4) is 0 Å². The van der Waals surface area contributed by atoms with E-state index >= 15 is 0 Å². The van der Waals surface area contributed by atoms with Gasteiger partial charge in [0, 0.05) is 18.5 Å². The molecule has 0 saturated carbocycles. The summed E-state index contributed by atoms with van der Waals surface area (Å²) in [6, 6.07) is 0. The Morgan fingerprint density at radius 2 is 2.19 bits per heavy atom. The highest BCUT2D eigenvalue weighted by Crippen LogP contribution is 2.27. The molecule has 16 heavy (non-hydrogen) atoms. The molecule has 2 unspecified atom stereocenters. The molecule has 2 bridgehead atoms. The number of hydrogen-bond acceptors (Lipinski definition) is 4. The fourth-order valence-corrected chi connectivity index (χ4v) is 3.49. The lowest BCUT2D eigenvalue weighted by Crippen LogP contribution is -2.45. The molecular formula is C10H11BrN2O2S. The zero-order valence-corrected chi connectivity index (χ0v) is 11.0. The van der Waals surface area contributed by atoms with Crippen molar-refractivity contribution in [2.75, 3.05) is 13.1 Å². The Hall–Kier alpha value is -0.460. The average molecular weight is 303 g/mol. The molecule has 1 aromatic heterocycles. The van der Waals surface area contributed by atoms with Crippen LogP contribution >= 0.6 is 27.3 Å². The van der Waals surface area contributed by atoms with Gasteiger partial charge in [-0.25, -0.2) is 4.98 Å². The van der Waals surface area contributed by atoms with Gasteiger partial charge in [-0.05, 0) is 28.8 Å². The first-order valence-corrected chi connectivity index (χ1v) is 6.95. The molecule has 2 aliphatic heterocycles. The van der Waals surface area contributed by atoms with Crippen LogP contribution in [0.15, 0.2) is 9.98 Å². The van der Waals surface area contributed by atoms with Crippen LogP contribution < -0.4 is 0 Å². The molecule has 0 N–H and O–H groups in total. The lowest BCUT2D eigenvalue weighted by atomic mass is 10.2. The maximum atomic E-state index is 12.1. The molecule has 0 aliphatic carbocycles. The van der Waals surface area contributed by atoms with E-state index in [-0.39, 0.29) is 18.1 Å². The second kappa shape index (κ2) is 4.09. The predicted molar refractivity (Wildman–Crippen MR) is 63.6 cm³/mol. The summed E-state index contributed by atoms with van der Waals surface area (Å²) in [5, 5.41) is 2.40. The SMILES string of the molecule is O=C(c1nc(Br)cs1)N1CC2CCC(C1)O2. The molecule has 2 atom stereocenters. The topological polar surface area (TPSA) is 42.4 Å². The van der Waals surface area contributed by atoms with Crippen LogP contribution in [-0.2, 0) is 4.74 Å². The second-order valence-corrected chi connectivity index (χ2v) is 5.81. The number of fused-ring (bicyclic) bond motifs is 2. The lowest BCUT2D eigenvalue weighted by Gasteiger charge is -2.31. The van der Waals surface area contributed by atoms with Gasteiger partial charge in [-0.3, -0.25) is 4.79 Å². The highest BCUT2D eigenvalue weighted by Gasteiger charge is 2.36. The van der Waals surface area contributed by atoms with Gasteiger partial charge < -0.3 is 9.64 Å². The van der Waals surface area contributed by atoms with Crippen LogP contribution in [-0.4, -0.2) is 41.1 Å². The molecule has 0 radical (unpaired) electrons. The standard InChI is InChI=1S/C10H11BrN2O2S/c11-8-5-16-9(12-8)10(14)13-3-6-1-2-7(4-13)15-6/h5-7H,1-4H2. The smallest absolute Gasteiger partial charge is 0.283 e. The Bertz CT molecular complexity index is 411. The van der Waals surface area contributed by atoms with Crippen molar-refractivity contribution < 1.29 is 9.53 Å². The largest absolute Gasteiger partial charge is 0.371 e. The molecule has 2 fully saturated rings. The van der Waals surface area contributed by atoms with Crippen LogP contribution in [0.2, 0.25) is 0 Å². The highest BCUT2D eigenvalue weighted by molar-refractivity contribution is 9.10. The summed E-state index contributed by atoms with van der Waals surface area (Å²) in [6.45, 7) is 1.43. The number of likely N-dealkylation sites (tertiary alicyclic amines) is 1. The van der Waals surface area contributed by atoms with Crippen molar-refractivity contribution in [1.29, 1.82) is 0 Å². The molecule has 3 heterocycles. The Kier molecular flexibility index (Phi) is 2.73. The summed E-state index contributed by atoms with van der Waals surface area (Å²) in [5.74, 6) is 0.0379. The number of thiazole rings is 1. The fourth-order valence-electron chi connectivity index (χ4n) is 2.27. The summed E-state index contributed by atoms with van der Waals surface area (Å²) in [7, 11) is 0. The van der Waals surface area contributed by atoms with Gasteiger partial charge >= 0.3 is 0 Å². The molecule has 0 spiro atoms. The van der Waals surface area contributed by atoms with Crippen LogP contribution in [0, 0.1) is 0 Å². The van der Waals surface area contributed by atoms with E-state index in [1.165, 1.54) is 11.3 Å². The minimum atomic E-state index is 0.0379. The number of amides is 1. The molecule has 4 nitrogen and oxygen atoms in total. The minimum absolute atomic E-state index is 0.0379. The van der Waals surface area contributed by atoms with Gasteiger partial charge in [0.05, 0.1) is 12.2 Å². The molecule has 2 saturated heterocycles. The summed E-state index contributed by atoms with van der Waals surface area (Å²) in [5.41, 5.74) is 0. The molecule has 86 valence electrons. The van der Waals surface area contributed by atoms with Crippen molar-refractivity contribution >= 4 is 33.2 Å². The first kappa shape index (κ1) is 10.7. The zero-order valence-electron chi connectivity index (χ0n) is 8.56. The number of nitrogens with zero attached hydrogens (tertiary/aromatic N) is 2. The molecule has 6 heteroatoms. The van der Waals surface area contributed by atoms with E-state index in [4.69, 9.17) is 4.74 Å². The molecule has 0 aromatic carbocycles. The van der Waals surface area contributed by atoms with Gasteiger partial charge in [0.15, 0.2) is 5.01 Å². The van der Waals surface area contributed by atoms with Crippen molar-refractivity contribution in [2.45, 2.75) is 25.0 Å². The number of hydrogen-bond donors (Lipinski definition) is 0. The third-order valence-electron chi connectivity index (χ3n) is 2.99. The van der Waals surface area contributed by atoms with Crippen molar-refractivity contribution in [2.24, 2.45) is 0 Å². The Morgan fingerprint density at radius 3 is 2.75 bits per heavy atom. The monoisotopic (exact) mass is 302 g/mol. The normalized spacial score (nSPS) is 28.4. The fraction of sp³-hybridized carbons (Fsp3) is 0.600. The Balaban J connectivity index is 1.76. The molecule has 1 aromatic rings. The number of morpholine rings is 1. The van der Waals surface area contributed by atoms with Crippen LogP contribution in [0.3, 0.4) is 0 Å².